The van der Waals surface area contributed by atoms with E-state index in [-0.39, 0.29) is 11.0 Å². The van der Waals surface area contributed by atoms with Gasteiger partial charge in [0.2, 0.25) is 0 Å². The zero-order valence-electron chi connectivity index (χ0n) is 16.6. The van der Waals surface area contributed by atoms with Crippen LogP contribution in [0.4, 0.5) is 0 Å². The third-order valence-corrected chi connectivity index (χ3v) is 7.75. The fourth-order valence-corrected chi connectivity index (χ4v) is 5.93. The number of halogens is 2. The Morgan fingerprint density at radius 2 is 1.26 bits per heavy atom. The molecular formula is C23H18Br2O4S2. The largest absolute Gasteiger partial charge is 0.302 e. The summed E-state index contributed by atoms with van der Waals surface area (Å²) >= 11 is 2.99. The second-order valence-electron chi connectivity index (χ2n) is 7.24. The van der Waals surface area contributed by atoms with Gasteiger partial charge >= 0.3 is 0 Å². The lowest BCUT2D eigenvalue weighted by Gasteiger charge is -2.18. The van der Waals surface area contributed by atoms with E-state index in [1.807, 2.05) is 62.4 Å². The number of hydrogen-bond acceptors (Lipinski definition) is 3. The van der Waals surface area contributed by atoms with Crippen molar-refractivity contribution in [2.24, 2.45) is 0 Å². The van der Waals surface area contributed by atoms with Crippen molar-refractivity contribution in [1.82, 2.24) is 0 Å². The lowest BCUT2D eigenvalue weighted by molar-refractivity contribution is 0.270. The van der Waals surface area contributed by atoms with Crippen molar-refractivity contribution >= 4 is 75.6 Å². The standard InChI is InChI=1S/C23H18Br2O4S2/c1-13(2)29-31(28)21-10-4-15-12-17(25)6-8-19(15)23(21)22-18-7-5-16(24)11-14(18)3-9-20(22)30(26)27/h3-13H,1-2H3,(H,26,27). The van der Waals surface area contributed by atoms with Crippen LogP contribution in [-0.2, 0) is 26.3 Å². The normalized spacial score (nSPS) is 13.7. The average Bonchev–Trinajstić information content (AvgIpc) is 2.71. The molecule has 0 fully saturated rings. The van der Waals surface area contributed by atoms with Gasteiger partial charge < -0.3 is 4.55 Å². The van der Waals surface area contributed by atoms with Crippen LogP contribution in [0.1, 0.15) is 13.8 Å². The molecule has 0 aliphatic rings. The Morgan fingerprint density at radius 1 is 0.774 bits per heavy atom. The smallest absolute Gasteiger partial charge is 0.190 e. The molecule has 4 aromatic rings. The Balaban J connectivity index is 2.18. The summed E-state index contributed by atoms with van der Waals surface area (Å²) in [5.74, 6) is 0. The maximum atomic E-state index is 13.2. The zero-order chi connectivity index (χ0) is 22.3. The third kappa shape index (κ3) is 4.55. The molecule has 2 atom stereocenters. The predicted octanol–water partition coefficient (Wildman–Crippen LogP) is 7.21. The minimum atomic E-state index is -2.24. The summed E-state index contributed by atoms with van der Waals surface area (Å²) in [6, 6.07) is 18.6. The molecule has 0 spiro atoms. The molecule has 4 aromatic carbocycles. The fourth-order valence-electron chi connectivity index (χ4n) is 3.59. The Kier molecular flexibility index (Phi) is 6.76. The SMILES string of the molecule is CC(C)OS(=O)c1ccc2cc(Br)ccc2c1-c1c(S(=O)O)ccc2cc(Br)ccc12. The van der Waals surface area contributed by atoms with Crippen LogP contribution in [0.25, 0.3) is 32.7 Å². The fraction of sp³-hybridized carbons (Fsp3) is 0.130. The van der Waals surface area contributed by atoms with Gasteiger partial charge in [-0.2, -0.15) is 0 Å². The second-order valence-corrected chi connectivity index (χ2v) is 11.1. The van der Waals surface area contributed by atoms with E-state index in [2.05, 4.69) is 31.9 Å². The van der Waals surface area contributed by atoms with E-state index in [1.165, 1.54) is 0 Å². The van der Waals surface area contributed by atoms with Gasteiger partial charge in [0.1, 0.15) is 0 Å². The predicted molar refractivity (Wildman–Crippen MR) is 134 cm³/mol. The summed E-state index contributed by atoms with van der Waals surface area (Å²) in [5, 5.41) is 3.43. The van der Waals surface area contributed by atoms with Gasteiger partial charge in [-0.15, -0.1) is 0 Å². The van der Waals surface area contributed by atoms with Gasteiger partial charge in [0.05, 0.1) is 15.9 Å². The molecular weight excluding hydrogens is 564 g/mol. The summed E-state index contributed by atoms with van der Waals surface area (Å²) in [7, 11) is 0. The summed E-state index contributed by atoms with van der Waals surface area (Å²) in [4.78, 5) is 0.721. The third-order valence-electron chi connectivity index (χ3n) is 4.78. The number of benzene rings is 4. The van der Waals surface area contributed by atoms with E-state index < -0.39 is 22.2 Å². The van der Waals surface area contributed by atoms with Crippen LogP contribution in [0.2, 0.25) is 0 Å². The van der Waals surface area contributed by atoms with Crippen LogP contribution in [0.5, 0.6) is 0 Å². The first kappa shape index (κ1) is 22.8. The minimum absolute atomic E-state index is 0.246. The summed E-state index contributed by atoms with van der Waals surface area (Å²) in [6.07, 6.45) is -0.246. The Labute approximate surface area is 202 Å². The van der Waals surface area contributed by atoms with E-state index >= 15 is 0 Å². The lowest BCUT2D eigenvalue weighted by Crippen LogP contribution is -2.08. The molecule has 8 heteroatoms. The summed E-state index contributed by atoms with van der Waals surface area (Å²) in [6.45, 7) is 3.64. The van der Waals surface area contributed by atoms with Gasteiger partial charge in [-0.3, -0.25) is 4.18 Å². The van der Waals surface area contributed by atoms with Gasteiger partial charge in [0.15, 0.2) is 22.2 Å². The number of hydrogen-bond donors (Lipinski definition) is 1. The van der Waals surface area contributed by atoms with Crippen molar-refractivity contribution in [2.75, 3.05) is 0 Å². The zero-order valence-corrected chi connectivity index (χ0v) is 21.4. The van der Waals surface area contributed by atoms with Crippen molar-refractivity contribution in [3.63, 3.8) is 0 Å². The van der Waals surface area contributed by atoms with Crippen LogP contribution in [-0.4, -0.2) is 19.1 Å². The first-order chi connectivity index (χ1) is 14.8. The van der Waals surface area contributed by atoms with Crippen LogP contribution in [0, 0.1) is 0 Å². The van der Waals surface area contributed by atoms with Gasteiger partial charge in [-0.1, -0.05) is 56.1 Å². The van der Waals surface area contributed by atoms with Crippen LogP contribution >= 0.6 is 31.9 Å². The molecule has 0 aliphatic heterocycles. The topological polar surface area (TPSA) is 63.6 Å². The molecule has 31 heavy (non-hydrogen) atoms. The van der Waals surface area contributed by atoms with E-state index in [0.29, 0.717) is 16.0 Å². The van der Waals surface area contributed by atoms with Crippen molar-refractivity contribution in [1.29, 1.82) is 0 Å². The lowest BCUT2D eigenvalue weighted by atomic mass is 9.94. The first-order valence-corrected chi connectivity index (χ1v) is 13.2. The maximum absolute atomic E-state index is 13.2. The molecule has 2 unspecified atom stereocenters. The first-order valence-electron chi connectivity index (χ1n) is 9.41. The summed E-state index contributed by atoms with van der Waals surface area (Å²) < 4.78 is 43.1. The molecule has 0 aromatic heterocycles. The molecule has 0 amide bonds. The molecule has 0 aliphatic carbocycles. The Hall–Kier alpha value is -1.42. The van der Waals surface area contributed by atoms with E-state index in [1.54, 1.807) is 12.1 Å². The second kappa shape index (κ2) is 9.21. The quantitative estimate of drug-likeness (QED) is 0.253. The number of fused-ring (bicyclic) bond motifs is 2. The molecule has 0 bridgehead atoms. The Bertz CT molecular complexity index is 1370. The molecule has 4 rings (SSSR count). The van der Waals surface area contributed by atoms with Crippen molar-refractivity contribution in [3.8, 4) is 11.1 Å². The number of rotatable bonds is 5. The van der Waals surface area contributed by atoms with E-state index in [4.69, 9.17) is 4.18 Å². The highest BCUT2D eigenvalue weighted by Gasteiger charge is 2.23. The highest BCUT2D eigenvalue weighted by atomic mass is 79.9. The molecule has 1 N–H and O–H groups in total. The van der Waals surface area contributed by atoms with Crippen molar-refractivity contribution < 1.29 is 17.2 Å². The highest BCUT2D eigenvalue weighted by Crippen LogP contribution is 2.42. The van der Waals surface area contributed by atoms with E-state index in [0.717, 1.165) is 30.5 Å². The molecule has 160 valence electrons. The minimum Gasteiger partial charge on any atom is -0.302 e. The van der Waals surface area contributed by atoms with Gasteiger partial charge in [-0.25, -0.2) is 8.42 Å². The molecule has 0 saturated carbocycles. The molecule has 4 nitrogen and oxygen atoms in total. The highest BCUT2D eigenvalue weighted by molar-refractivity contribution is 9.10. The van der Waals surface area contributed by atoms with Crippen LogP contribution in [0.15, 0.2) is 79.4 Å². The van der Waals surface area contributed by atoms with Crippen LogP contribution < -0.4 is 0 Å². The van der Waals surface area contributed by atoms with Gasteiger partial charge in [-0.05, 0) is 71.8 Å². The van der Waals surface area contributed by atoms with Crippen molar-refractivity contribution in [2.45, 2.75) is 29.7 Å². The van der Waals surface area contributed by atoms with Crippen molar-refractivity contribution in [3.05, 3.63) is 69.6 Å². The average molecular weight is 582 g/mol. The van der Waals surface area contributed by atoms with Crippen LogP contribution in [0.3, 0.4) is 0 Å². The Morgan fingerprint density at radius 3 is 1.74 bits per heavy atom. The molecule has 0 radical (unpaired) electrons. The van der Waals surface area contributed by atoms with Gasteiger partial charge in [0, 0.05) is 20.1 Å². The van der Waals surface area contributed by atoms with E-state index in [9.17, 15) is 13.0 Å². The maximum Gasteiger partial charge on any atom is 0.190 e. The molecule has 0 heterocycles. The molecule has 0 saturated heterocycles. The monoisotopic (exact) mass is 580 g/mol. The summed E-state index contributed by atoms with van der Waals surface area (Å²) in [5.41, 5.74) is 1.21. The van der Waals surface area contributed by atoms with Gasteiger partial charge in [0.25, 0.3) is 0 Å².